The molecule has 1 aliphatic heterocycles. The summed E-state index contributed by atoms with van der Waals surface area (Å²) in [4.78, 5) is 25.4. The molecule has 1 fully saturated rings. The number of rotatable bonds is 8. The molecule has 4 aromatic rings. The Balaban J connectivity index is 1.25. The summed E-state index contributed by atoms with van der Waals surface area (Å²) in [7, 11) is 1.79. The lowest BCUT2D eigenvalue weighted by molar-refractivity contribution is -0.384. The van der Waals surface area contributed by atoms with Gasteiger partial charge in [-0.3, -0.25) is 24.3 Å². The number of hydroxylamine groups is 2. The van der Waals surface area contributed by atoms with Gasteiger partial charge >= 0.3 is 5.69 Å². The largest absolute Gasteiger partial charge is 0.334 e. The van der Waals surface area contributed by atoms with E-state index in [0.29, 0.717) is 17.4 Å². The second kappa shape index (κ2) is 10.8. The average Bonchev–Trinajstić information content (AvgIpc) is 3.53. The lowest BCUT2D eigenvalue weighted by Crippen LogP contribution is -2.40. The molecule has 0 radical (unpaired) electrons. The molecule has 204 valence electrons. The third-order valence-electron chi connectivity index (χ3n) is 6.21. The van der Waals surface area contributed by atoms with E-state index in [9.17, 15) is 10.1 Å². The topological polar surface area (TPSA) is 141 Å². The maximum atomic E-state index is 11.6. The quantitative estimate of drug-likeness (QED) is 0.239. The summed E-state index contributed by atoms with van der Waals surface area (Å²) >= 11 is 0. The Morgan fingerprint density at radius 3 is 2.36 bits per heavy atom. The summed E-state index contributed by atoms with van der Waals surface area (Å²) in [5.74, 6) is 0.305. The maximum Gasteiger partial charge on any atom is 0.329 e. The molecule has 13 nitrogen and oxygen atoms in total. The summed E-state index contributed by atoms with van der Waals surface area (Å²) in [6.45, 7) is 7.92. The smallest absolute Gasteiger partial charge is 0.329 e. The van der Waals surface area contributed by atoms with Gasteiger partial charge in [-0.05, 0) is 51.3 Å². The fourth-order valence-corrected chi connectivity index (χ4v) is 4.43. The zero-order valence-electron chi connectivity index (χ0n) is 22.4. The molecule has 0 spiro atoms. The lowest BCUT2D eigenvalue weighted by Gasteiger charge is -2.35. The van der Waals surface area contributed by atoms with Crippen LogP contribution in [0.4, 0.5) is 28.8 Å². The molecule has 1 aliphatic rings. The fourth-order valence-electron chi connectivity index (χ4n) is 4.43. The van der Waals surface area contributed by atoms with Crippen LogP contribution in [0.15, 0.2) is 55.2 Å². The van der Waals surface area contributed by atoms with E-state index in [1.54, 1.807) is 24.1 Å². The molecule has 3 aromatic heterocycles. The molecule has 1 saturated heterocycles. The van der Waals surface area contributed by atoms with E-state index in [-0.39, 0.29) is 23.1 Å². The molecule has 0 saturated carbocycles. The van der Waals surface area contributed by atoms with E-state index < -0.39 is 4.92 Å². The molecule has 0 bridgehead atoms. The van der Waals surface area contributed by atoms with Crippen LogP contribution in [0.2, 0.25) is 0 Å². The van der Waals surface area contributed by atoms with Crippen LogP contribution in [0, 0.1) is 10.1 Å². The molecule has 39 heavy (non-hydrogen) atoms. The molecule has 2 N–H and O–H groups in total. The van der Waals surface area contributed by atoms with E-state index in [0.717, 1.165) is 37.1 Å². The van der Waals surface area contributed by atoms with Crippen LogP contribution < -0.4 is 10.6 Å². The minimum atomic E-state index is -0.515. The normalized spacial score (nSPS) is 14.9. The Kier molecular flexibility index (Phi) is 7.26. The molecular formula is C26H32N10O3. The number of aromatic nitrogens is 6. The predicted molar refractivity (Wildman–Crippen MR) is 147 cm³/mol. The number of benzene rings is 1. The zero-order chi connectivity index (χ0) is 27.6. The average molecular weight is 533 g/mol. The van der Waals surface area contributed by atoms with Crippen molar-refractivity contribution in [3.05, 3.63) is 65.4 Å². The van der Waals surface area contributed by atoms with Gasteiger partial charge in [0.1, 0.15) is 6.20 Å². The summed E-state index contributed by atoms with van der Waals surface area (Å²) < 4.78 is 3.67. The van der Waals surface area contributed by atoms with E-state index >= 15 is 0 Å². The lowest BCUT2D eigenvalue weighted by atomic mass is 10.1. The molecule has 0 unspecified atom stereocenters. The van der Waals surface area contributed by atoms with Crippen LogP contribution in [0.25, 0.3) is 11.1 Å². The highest BCUT2D eigenvalue weighted by Crippen LogP contribution is 2.30. The Labute approximate surface area is 225 Å². The van der Waals surface area contributed by atoms with Crippen LogP contribution in [0.5, 0.6) is 0 Å². The van der Waals surface area contributed by atoms with Crippen LogP contribution >= 0.6 is 0 Å². The number of hydrogen-bond acceptors (Lipinski definition) is 10. The molecule has 1 aromatic carbocycles. The van der Waals surface area contributed by atoms with Crippen LogP contribution in [-0.2, 0) is 11.9 Å². The Bertz CT molecular complexity index is 1430. The van der Waals surface area contributed by atoms with Crippen molar-refractivity contribution in [2.75, 3.05) is 23.7 Å². The van der Waals surface area contributed by atoms with Crippen molar-refractivity contribution in [1.29, 1.82) is 0 Å². The third-order valence-corrected chi connectivity index (χ3v) is 6.21. The first kappa shape index (κ1) is 26.3. The number of nitrogens with zero attached hydrogens (tertiary/aromatic N) is 8. The number of hydrogen-bond donors (Lipinski definition) is 2. The number of aryl methyl sites for hydroxylation is 1. The minimum absolute atomic E-state index is 0.0868. The Morgan fingerprint density at radius 1 is 0.974 bits per heavy atom. The van der Waals surface area contributed by atoms with Gasteiger partial charge in [0, 0.05) is 43.8 Å². The molecule has 5 rings (SSSR count). The molecule has 0 amide bonds. The zero-order valence-corrected chi connectivity index (χ0v) is 22.4. The van der Waals surface area contributed by atoms with Crippen LogP contribution in [-0.4, -0.2) is 58.2 Å². The van der Waals surface area contributed by atoms with Gasteiger partial charge in [-0.1, -0.05) is 12.1 Å². The first-order valence-electron chi connectivity index (χ1n) is 12.8. The van der Waals surface area contributed by atoms with E-state index in [2.05, 4.69) is 57.8 Å². The van der Waals surface area contributed by atoms with Gasteiger partial charge in [-0.25, -0.2) is 4.98 Å². The highest BCUT2D eigenvalue weighted by molar-refractivity contribution is 5.70. The van der Waals surface area contributed by atoms with Crippen LogP contribution in [0.1, 0.15) is 39.7 Å². The Morgan fingerprint density at radius 2 is 1.72 bits per heavy atom. The second-order valence-electron chi connectivity index (χ2n) is 10.5. The van der Waals surface area contributed by atoms with Crippen LogP contribution in [0.3, 0.4) is 0 Å². The molecule has 0 atom stereocenters. The van der Waals surface area contributed by atoms with Crippen molar-refractivity contribution < 1.29 is 9.76 Å². The highest BCUT2D eigenvalue weighted by Gasteiger charge is 2.25. The van der Waals surface area contributed by atoms with E-state index in [1.165, 1.54) is 6.20 Å². The number of nitrogens with one attached hydrogen (secondary N) is 2. The molecule has 4 heterocycles. The third kappa shape index (κ3) is 6.56. The summed E-state index contributed by atoms with van der Waals surface area (Å²) in [6.07, 6.45) is 10.4. The standard InChI is InChI=1S/C26H32N10O3/c1-26(2,3)39-34-11-9-22(10-12-34)35-16-19(13-29-35)18-5-7-20(8-6-18)30-24-23(36(37)38)15-27-25(32-24)31-21-14-28-33(4)17-21/h5-8,13-17,22H,9-12H2,1-4H3,(H2,27,30,31,32). The van der Waals surface area contributed by atoms with Gasteiger partial charge < -0.3 is 10.6 Å². The Hall–Kier alpha value is -4.36. The van der Waals surface area contributed by atoms with Crippen molar-refractivity contribution in [3.8, 4) is 11.1 Å². The first-order chi connectivity index (χ1) is 18.6. The van der Waals surface area contributed by atoms with Crippen molar-refractivity contribution >= 4 is 28.8 Å². The SMILES string of the molecule is Cn1cc(Nc2ncc([N+](=O)[O-])c(Nc3ccc(-c4cnn(C5CCN(OC(C)(C)C)CC5)c4)cc3)n2)cn1. The van der Waals surface area contributed by atoms with E-state index in [1.807, 2.05) is 40.2 Å². The maximum absolute atomic E-state index is 11.6. The summed E-state index contributed by atoms with van der Waals surface area (Å²) in [5.41, 5.74) is 2.92. The monoisotopic (exact) mass is 532 g/mol. The first-order valence-corrected chi connectivity index (χ1v) is 12.8. The summed E-state index contributed by atoms with van der Waals surface area (Å²) in [5, 5.41) is 28.4. The molecule has 13 heteroatoms. The van der Waals surface area contributed by atoms with Gasteiger partial charge in [0.05, 0.1) is 34.6 Å². The van der Waals surface area contributed by atoms with Crippen molar-refractivity contribution in [2.24, 2.45) is 7.05 Å². The second-order valence-corrected chi connectivity index (χ2v) is 10.5. The number of anilines is 4. The summed E-state index contributed by atoms with van der Waals surface area (Å²) in [6, 6.07) is 7.94. The van der Waals surface area contributed by atoms with Crippen molar-refractivity contribution in [2.45, 2.75) is 45.3 Å². The van der Waals surface area contributed by atoms with Crippen molar-refractivity contribution in [1.82, 2.24) is 34.6 Å². The van der Waals surface area contributed by atoms with E-state index in [4.69, 9.17) is 4.84 Å². The highest BCUT2D eigenvalue weighted by atomic mass is 16.7. The van der Waals surface area contributed by atoms with Gasteiger partial charge in [0.15, 0.2) is 0 Å². The van der Waals surface area contributed by atoms with Crippen molar-refractivity contribution in [3.63, 3.8) is 0 Å². The molecule has 0 aliphatic carbocycles. The van der Waals surface area contributed by atoms with Gasteiger partial charge in [0.25, 0.3) is 0 Å². The predicted octanol–water partition coefficient (Wildman–Crippen LogP) is 4.84. The number of piperidine rings is 1. The minimum Gasteiger partial charge on any atom is -0.334 e. The number of nitro groups is 1. The van der Waals surface area contributed by atoms with Gasteiger partial charge in [-0.2, -0.15) is 20.2 Å². The van der Waals surface area contributed by atoms with Gasteiger partial charge in [0.2, 0.25) is 11.8 Å². The molecular weight excluding hydrogens is 500 g/mol. The fraction of sp³-hybridized carbons (Fsp3) is 0.385. The van der Waals surface area contributed by atoms with Gasteiger partial charge in [-0.15, -0.1) is 0 Å².